The predicted molar refractivity (Wildman–Crippen MR) is 112 cm³/mol. The number of likely N-dealkylation sites (N-methyl/N-ethyl adjacent to an activating group) is 1. The van der Waals surface area contributed by atoms with E-state index in [1.54, 1.807) is 7.11 Å². The van der Waals surface area contributed by atoms with Crippen LogP contribution >= 0.6 is 11.3 Å². The third kappa shape index (κ3) is 4.38. The number of amides is 1. The molecule has 0 radical (unpaired) electrons. The zero-order valence-corrected chi connectivity index (χ0v) is 16.6. The van der Waals surface area contributed by atoms with Crippen LogP contribution in [-0.4, -0.2) is 38.6 Å². The molecule has 3 aromatic rings. The smallest absolute Gasteiger partial charge is 0.262 e. The van der Waals surface area contributed by atoms with Gasteiger partial charge in [0.25, 0.3) is 5.91 Å². The minimum absolute atomic E-state index is 0.0187. The Bertz CT molecular complexity index is 890. The average Bonchev–Trinajstić information content (AvgIpc) is 3.19. The van der Waals surface area contributed by atoms with Crippen LogP contribution in [0.5, 0.6) is 5.75 Å². The molecule has 1 amide bonds. The van der Waals surface area contributed by atoms with Crippen LogP contribution in [0, 0.1) is 0 Å². The van der Waals surface area contributed by atoms with E-state index < -0.39 is 0 Å². The highest BCUT2D eigenvalue weighted by Crippen LogP contribution is 2.29. The van der Waals surface area contributed by atoms with Gasteiger partial charge < -0.3 is 15.0 Å². The van der Waals surface area contributed by atoms with Crippen LogP contribution in [0.2, 0.25) is 0 Å². The molecule has 0 fully saturated rings. The van der Waals surface area contributed by atoms with Crippen LogP contribution in [0.4, 0.5) is 0 Å². The highest BCUT2D eigenvalue weighted by atomic mass is 32.1. The fraction of sp³-hybridized carbons (Fsp3) is 0.227. The van der Waals surface area contributed by atoms with Crippen molar-refractivity contribution in [1.82, 2.24) is 10.2 Å². The van der Waals surface area contributed by atoms with Gasteiger partial charge >= 0.3 is 0 Å². The number of nitrogens with zero attached hydrogens (tertiary/aromatic N) is 1. The zero-order chi connectivity index (χ0) is 19.2. The van der Waals surface area contributed by atoms with Gasteiger partial charge in [-0.3, -0.25) is 4.79 Å². The van der Waals surface area contributed by atoms with Gasteiger partial charge in [-0.15, -0.1) is 11.3 Å². The Kier molecular flexibility index (Phi) is 6.27. The van der Waals surface area contributed by atoms with E-state index in [-0.39, 0.29) is 11.9 Å². The van der Waals surface area contributed by atoms with E-state index in [0.29, 0.717) is 6.54 Å². The highest BCUT2D eigenvalue weighted by molar-refractivity contribution is 7.12. The minimum atomic E-state index is -0.0504. The number of hydrogen-bond acceptors (Lipinski definition) is 4. The molecule has 0 saturated carbocycles. The summed E-state index contributed by atoms with van der Waals surface area (Å²) < 4.78 is 5.50. The lowest BCUT2D eigenvalue weighted by Crippen LogP contribution is -2.34. The van der Waals surface area contributed by atoms with Gasteiger partial charge in [0.05, 0.1) is 18.0 Å². The molecule has 0 aliphatic rings. The molecule has 1 unspecified atom stereocenters. The molecule has 0 spiro atoms. The number of carbonyl (C=O) groups excluding carboxylic acids is 1. The van der Waals surface area contributed by atoms with Gasteiger partial charge in [0.15, 0.2) is 0 Å². The number of ether oxygens (including phenoxy) is 1. The number of benzene rings is 2. The summed E-state index contributed by atoms with van der Waals surface area (Å²) in [7, 11) is 5.68. The fourth-order valence-electron chi connectivity index (χ4n) is 3.11. The molecule has 1 atom stereocenters. The second kappa shape index (κ2) is 8.84. The maximum Gasteiger partial charge on any atom is 0.262 e. The topological polar surface area (TPSA) is 41.6 Å². The zero-order valence-electron chi connectivity index (χ0n) is 15.8. The summed E-state index contributed by atoms with van der Waals surface area (Å²) in [6, 6.07) is 19.9. The number of nitrogens with one attached hydrogen (secondary N) is 1. The Morgan fingerprint density at radius 3 is 2.48 bits per heavy atom. The van der Waals surface area contributed by atoms with Crippen molar-refractivity contribution in [3.63, 3.8) is 0 Å². The Hall–Kier alpha value is -2.63. The molecule has 1 N–H and O–H groups in total. The van der Waals surface area contributed by atoms with E-state index in [4.69, 9.17) is 4.74 Å². The summed E-state index contributed by atoms with van der Waals surface area (Å²) in [5.41, 5.74) is 3.08. The number of rotatable bonds is 7. The van der Waals surface area contributed by atoms with Gasteiger partial charge in [0, 0.05) is 17.7 Å². The largest absolute Gasteiger partial charge is 0.496 e. The summed E-state index contributed by atoms with van der Waals surface area (Å²) in [5, 5.41) is 5.06. The molecule has 27 heavy (non-hydrogen) atoms. The maximum absolute atomic E-state index is 12.9. The summed E-state index contributed by atoms with van der Waals surface area (Å²) in [6.07, 6.45) is 0. The molecule has 4 nitrogen and oxygen atoms in total. The Labute approximate surface area is 164 Å². The van der Waals surface area contributed by atoms with Gasteiger partial charge in [-0.1, -0.05) is 48.5 Å². The van der Waals surface area contributed by atoms with E-state index in [1.807, 2.05) is 80.1 Å². The minimum Gasteiger partial charge on any atom is -0.496 e. The fourth-order valence-corrected chi connectivity index (χ4v) is 3.94. The molecule has 0 bridgehead atoms. The van der Waals surface area contributed by atoms with Crippen LogP contribution in [0.1, 0.15) is 21.3 Å². The number of carbonyl (C=O) groups is 1. The first-order valence-corrected chi connectivity index (χ1v) is 9.70. The van der Waals surface area contributed by atoms with Crippen molar-refractivity contribution in [2.24, 2.45) is 0 Å². The first-order valence-electron chi connectivity index (χ1n) is 8.82. The Morgan fingerprint density at radius 1 is 1.07 bits per heavy atom. The van der Waals surface area contributed by atoms with E-state index in [2.05, 4.69) is 10.2 Å². The molecule has 5 heteroatoms. The third-order valence-electron chi connectivity index (χ3n) is 4.53. The molecule has 140 valence electrons. The molecular formula is C22H24N2O2S. The van der Waals surface area contributed by atoms with Gasteiger partial charge in [-0.2, -0.15) is 0 Å². The van der Waals surface area contributed by atoms with Crippen molar-refractivity contribution < 1.29 is 9.53 Å². The Morgan fingerprint density at radius 2 is 1.78 bits per heavy atom. The molecule has 0 aliphatic carbocycles. The van der Waals surface area contributed by atoms with Crippen molar-refractivity contribution >= 4 is 17.2 Å². The summed E-state index contributed by atoms with van der Waals surface area (Å²) in [4.78, 5) is 15.7. The van der Waals surface area contributed by atoms with Gasteiger partial charge in [0.1, 0.15) is 5.75 Å². The SMILES string of the molecule is COc1ccccc1C(CNC(=O)c1sccc1-c1ccccc1)N(C)C. The number of hydrogen-bond donors (Lipinski definition) is 1. The molecule has 1 heterocycles. The maximum atomic E-state index is 12.9. The van der Waals surface area contributed by atoms with Gasteiger partial charge in [-0.05, 0) is 37.2 Å². The van der Waals surface area contributed by atoms with Crippen LogP contribution < -0.4 is 10.1 Å². The van der Waals surface area contributed by atoms with Crippen molar-refractivity contribution in [3.8, 4) is 16.9 Å². The van der Waals surface area contributed by atoms with Crippen LogP contribution in [-0.2, 0) is 0 Å². The molecule has 2 aromatic carbocycles. The van der Waals surface area contributed by atoms with Gasteiger partial charge in [-0.25, -0.2) is 0 Å². The molecule has 0 aliphatic heterocycles. The normalized spacial score (nSPS) is 12.0. The van der Waals surface area contributed by atoms with E-state index in [1.165, 1.54) is 11.3 Å². The summed E-state index contributed by atoms with van der Waals surface area (Å²) >= 11 is 1.47. The van der Waals surface area contributed by atoms with Crippen molar-refractivity contribution in [2.75, 3.05) is 27.7 Å². The summed E-state index contributed by atoms with van der Waals surface area (Å²) in [6.45, 7) is 0.498. The second-order valence-electron chi connectivity index (χ2n) is 6.46. The van der Waals surface area contributed by atoms with Crippen molar-refractivity contribution in [1.29, 1.82) is 0 Å². The lowest BCUT2D eigenvalue weighted by atomic mass is 10.0. The van der Waals surface area contributed by atoms with E-state index in [0.717, 1.165) is 27.3 Å². The molecule has 3 rings (SSSR count). The number of thiophene rings is 1. The number of para-hydroxylation sites is 1. The first kappa shape index (κ1) is 19.1. The Balaban J connectivity index is 1.78. The summed E-state index contributed by atoms with van der Waals surface area (Å²) in [5.74, 6) is 0.775. The standard InChI is InChI=1S/C22H24N2O2S/c1-24(2)19(18-11-7-8-12-20(18)26-3)15-23-22(25)21-17(13-14-27-21)16-9-5-4-6-10-16/h4-14,19H,15H2,1-3H3,(H,23,25). The quantitative estimate of drug-likeness (QED) is 0.658. The van der Waals surface area contributed by atoms with E-state index in [9.17, 15) is 4.79 Å². The van der Waals surface area contributed by atoms with Crippen LogP contribution in [0.25, 0.3) is 11.1 Å². The monoisotopic (exact) mass is 380 g/mol. The third-order valence-corrected chi connectivity index (χ3v) is 5.45. The van der Waals surface area contributed by atoms with Crippen LogP contribution in [0.15, 0.2) is 66.0 Å². The first-order chi connectivity index (χ1) is 13.1. The molecule has 1 aromatic heterocycles. The lowest BCUT2D eigenvalue weighted by molar-refractivity contribution is 0.0946. The van der Waals surface area contributed by atoms with Crippen molar-refractivity contribution in [3.05, 3.63) is 76.5 Å². The van der Waals surface area contributed by atoms with Crippen molar-refractivity contribution in [2.45, 2.75) is 6.04 Å². The van der Waals surface area contributed by atoms with Crippen LogP contribution in [0.3, 0.4) is 0 Å². The number of methoxy groups -OCH3 is 1. The molecule has 0 saturated heterocycles. The highest BCUT2D eigenvalue weighted by Gasteiger charge is 2.21. The average molecular weight is 381 g/mol. The van der Waals surface area contributed by atoms with E-state index >= 15 is 0 Å². The second-order valence-corrected chi connectivity index (χ2v) is 7.38. The predicted octanol–water partition coefficient (Wildman–Crippen LogP) is 4.46. The molecular weight excluding hydrogens is 356 g/mol. The van der Waals surface area contributed by atoms with Gasteiger partial charge in [0.2, 0.25) is 0 Å². The lowest BCUT2D eigenvalue weighted by Gasteiger charge is -2.26.